The summed E-state index contributed by atoms with van der Waals surface area (Å²) in [6, 6.07) is 0. The highest BCUT2D eigenvalue weighted by atomic mass is 16.5. The van der Waals surface area contributed by atoms with E-state index >= 15 is 0 Å². The maximum absolute atomic E-state index is 12.9. The van der Waals surface area contributed by atoms with Gasteiger partial charge in [-0.25, -0.2) is 0 Å². The van der Waals surface area contributed by atoms with Crippen molar-refractivity contribution in [1.82, 2.24) is 0 Å². The molecule has 2 N–H and O–H groups in total. The number of ether oxygens (including phenoxy) is 1. The Hall–Kier alpha value is -1.85. The van der Waals surface area contributed by atoms with Gasteiger partial charge in [-0.05, 0) is 116 Å². The van der Waals surface area contributed by atoms with Gasteiger partial charge in [0.05, 0.1) is 5.41 Å². The zero-order valence-electron chi connectivity index (χ0n) is 28.7. The van der Waals surface area contributed by atoms with Crippen molar-refractivity contribution in [3.63, 3.8) is 0 Å². The molecule has 4 saturated carbocycles. The summed E-state index contributed by atoms with van der Waals surface area (Å²) in [4.78, 5) is 36.6. The number of carboxylic acids is 2. The second-order valence-corrected chi connectivity index (χ2v) is 17.8. The van der Waals surface area contributed by atoms with Gasteiger partial charge in [0.1, 0.15) is 6.10 Å². The van der Waals surface area contributed by atoms with Crippen molar-refractivity contribution in [3.8, 4) is 0 Å². The maximum atomic E-state index is 12.9. The van der Waals surface area contributed by atoms with Crippen LogP contribution in [0.2, 0.25) is 0 Å². The van der Waals surface area contributed by atoms with Gasteiger partial charge in [0.25, 0.3) is 0 Å². The molecule has 0 aromatic heterocycles. The maximum Gasteiger partial charge on any atom is 0.310 e. The van der Waals surface area contributed by atoms with Crippen LogP contribution in [0.25, 0.3) is 0 Å². The van der Waals surface area contributed by atoms with Crippen LogP contribution in [0.1, 0.15) is 151 Å². The number of aliphatic carboxylic acids is 2. The average molecular weight is 613 g/mol. The Labute approximate surface area is 266 Å². The molecule has 0 unspecified atom stereocenters. The first kappa shape index (κ1) is 33.5. The van der Waals surface area contributed by atoms with Crippen LogP contribution in [0.15, 0.2) is 11.6 Å². The van der Waals surface area contributed by atoms with E-state index in [1.54, 1.807) is 0 Å². The van der Waals surface area contributed by atoms with Crippen LogP contribution in [-0.2, 0) is 19.1 Å². The summed E-state index contributed by atoms with van der Waals surface area (Å²) in [6.07, 6.45) is 15.9. The van der Waals surface area contributed by atoms with Crippen LogP contribution in [0.3, 0.4) is 0 Å². The Bertz CT molecular complexity index is 1180. The first-order valence-electron chi connectivity index (χ1n) is 17.8. The predicted octanol–water partition coefficient (Wildman–Crippen LogP) is 9.21. The number of unbranched alkanes of at least 4 members (excludes halogenated alkanes) is 3. The van der Waals surface area contributed by atoms with Gasteiger partial charge in [-0.1, -0.05) is 73.0 Å². The van der Waals surface area contributed by atoms with Crippen LogP contribution in [0.5, 0.6) is 0 Å². The molecule has 8 atom stereocenters. The van der Waals surface area contributed by atoms with Crippen molar-refractivity contribution in [2.75, 3.05) is 0 Å². The highest BCUT2D eigenvalue weighted by Crippen LogP contribution is 2.75. The molecule has 0 bridgehead atoms. The third-order valence-corrected chi connectivity index (χ3v) is 14.8. The van der Waals surface area contributed by atoms with Crippen molar-refractivity contribution < 1.29 is 29.3 Å². The Kier molecular flexibility index (Phi) is 8.71. The SMILES string of the molecule is CC1(C)CC[C@]2(C(=O)O)CC[C@]3(C)C(=CC[C@@H]4[C@@]5(C)CC[C@H](OC(=O)CCCCCCC(=O)O)C(C)(C)[C@@H]5CC[C@]43C)[C@@H]2C1. The number of carboxylic acid groups (broad SMARTS) is 2. The number of carbonyl (C=O) groups is 3. The number of carbonyl (C=O) groups excluding carboxylic acids is 1. The van der Waals surface area contributed by atoms with Gasteiger partial charge in [-0.3, -0.25) is 14.4 Å². The Morgan fingerprint density at radius 3 is 2.11 bits per heavy atom. The molecular weight excluding hydrogens is 552 g/mol. The van der Waals surface area contributed by atoms with E-state index in [2.05, 4.69) is 54.5 Å². The molecule has 0 amide bonds. The summed E-state index contributed by atoms with van der Waals surface area (Å²) in [7, 11) is 0. The van der Waals surface area contributed by atoms with Gasteiger partial charge in [0.2, 0.25) is 0 Å². The zero-order valence-corrected chi connectivity index (χ0v) is 28.7. The summed E-state index contributed by atoms with van der Waals surface area (Å²) in [5, 5.41) is 19.4. The first-order chi connectivity index (χ1) is 20.4. The van der Waals surface area contributed by atoms with E-state index in [-0.39, 0.29) is 51.5 Å². The van der Waals surface area contributed by atoms with E-state index in [0.29, 0.717) is 24.7 Å². The lowest BCUT2D eigenvalue weighted by molar-refractivity contribution is -0.214. The zero-order chi connectivity index (χ0) is 32.3. The van der Waals surface area contributed by atoms with E-state index in [4.69, 9.17) is 9.84 Å². The second-order valence-electron chi connectivity index (χ2n) is 17.8. The van der Waals surface area contributed by atoms with Gasteiger partial charge < -0.3 is 14.9 Å². The third kappa shape index (κ3) is 5.26. The molecule has 6 heteroatoms. The fourth-order valence-electron chi connectivity index (χ4n) is 11.9. The molecule has 0 radical (unpaired) electrons. The Morgan fingerprint density at radius 2 is 1.45 bits per heavy atom. The molecule has 44 heavy (non-hydrogen) atoms. The van der Waals surface area contributed by atoms with Crippen LogP contribution < -0.4 is 0 Å². The van der Waals surface area contributed by atoms with E-state index in [9.17, 15) is 19.5 Å². The standard InChI is InChI=1S/C38H60O6/c1-33(2)20-22-38(32(42)43)23-21-36(6)25(26(38)24-33)14-15-28-35(5)18-17-29(34(3,4)27(35)16-19-37(28,36)7)44-31(41)13-11-9-8-10-12-30(39)40/h14,26-29H,8-13,15-24H2,1-7H3,(H,39,40)(H,42,43)/t26-,27-,28+,29-,35-,36+,37+,38-/m0/s1. The number of rotatable bonds is 9. The molecule has 6 nitrogen and oxygen atoms in total. The predicted molar refractivity (Wildman–Crippen MR) is 172 cm³/mol. The van der Waals surface area contributed by atoms with Crippen molar-refractivity contribution in [3.05, 3.63) is 11.6 Å². The summed E-state index contributed by atoms with van der Waals surface area (Å²) >= 11 is 0. The van der Waals surface area contributed by atoms with E-state index < -0.39 is 17.4 Å². The summed E-state index contributed by atoms with van der Waals surface area (Å²) < 4.78 is 6.22. The van der Waals surface area contributed by atoms with Crippen LogP contribution in [0, 0.1) is 50.2 Å². The van der Waals surface area contributed by atoms with Crippen LogP contribution >= 0.6 is 0 Å². The molecule has 0 spiro atoms. The number of hydrogen-bond donors (Lipinski definition) is 2. The van der Waals surface area contributed by atoms with Crippen molar-refractivity contribution in [2.24, 2.45) is 50.2 Å². The number of esters is 1. The number of allylic oxidation sites excluding steroid dienone is 2. The third-order valence-electron chi connectivity index (χ3n) is 14.8. The molecular formula is C38H60O6. The monoisotopic (exact) mass is 612 g/mol. The molecule has 0 aliphatic heterocycles. The number of fused-ring (bicyclic) bond motifs is 7. The fraction of sp³-hybridized carbons (Fsp3) is 0.868. The molecule has 0 heterocycles. The van der Waals surface area contributed by atoms with Crippen LogP contribution in [0.4, 0.5) is 0 Å². The normalized spacial score (nSPS) is 42.0. The second kappa shape index (κ2) is 11.4. The quantitative estimate of drug-likeness (QED) is 0.153. The summed E-state index contributed by atoms with van der Waals surface area (Å²) in [5.74, 6) is -0.318. The van der Waals surface area contributed by atoms with Gasteiger partial charge >= 0.3 is 17.9 Å². The van der Waals surface area contributed by atoms with Gasteiger partial charge in [-0.2, -0.15) is 0 Å². The summed E-state index contributed by atoms with van der Waals surface area (Å²) in [5.41, 5.74) is 1.20. The molecule has 248 valence electrons. The van der Waals surface area contributed by atoms with Crippen LogP contribution in [-0.4, -0.2) is 34.2 Å². The fourth-order valence-corrected chi connectivity index (χ4v) is 11.9. The molecule has 5 aliphatic carbocycles. The van der Waals surface area contributed by atoms with Gasteiger partial charge in [-0.15, -0.1) is 0 Å². The molecule has 0 aromatic rings. The summed E-state index contributed by atoms with van der Waals surface area (Å²) in [6.45, 7) is 16.9. The number of hydrogen-bond acceptors (Lipinski definition) is 4. The van der Waals surface area contributed by atoms with Gasteiger partial charge in [0, 0.05) is 18.3 Å². The molecule has 4 fully saturated rings. The van der Waals surface area contributed by atoms with E-state index in [1.165, 1.54) is 5.57 Å². The van der Waals surface area contributed by atoms with Crippen molar-refractivity contribution in [1.29, 1.82) is 0 Å². The molecule has 5 rings (SSSR count). The molecule has 0 saturated heterocycles. The topological polar surface area (TPSA) is 101 Å². The minimum absolute atomic E-state index is 0.0128. The highest BCUT2D eigenvalue weighted by Gasteiger charge is 2.69. The Balaban J connectivity index is 1.33. The lowest BCUT2D eigenvalue weighted by atomic mass is 9.33. The minimum Gasteiger partial charge on any atom is -0.481 e. The minimum atomic E-state index is -0.759. The smallest absolute Gasteiger partial charge is 0.310 e. The van der Waals surface area contributed by atoms with E-state index in [1.807, 2.05) is 0 Å². The van der Waals surface area contributed by atoms with E-state index in [0.717, 1.165) is 83.5 Å². The highest BCUT2D eigenvalue weighted by molar-refractivity contribution is 5.76. The lowest BCUT2D eigenvalue weighted by Gasteiger charge is -2.71. The largest absolute Gasteiger partial charge is 0.481 e. The van der Waals surface area contributed by atoms with Gasteiger partial charge in [0.15, 0.2) is 0 Å². The molecule has 5 aliphatic rings. The average Bonchev–Trinajstić information content (AvgIpc) is 2.92. The first-order valence-corrected chi connectivity index (χ1v) is 17.8. The van der Waals surface area contributed by atoms with Crippen molar-refractivity contribution in [2.45, 2.75) is 157 Å². The molecule has 0 aromatic carbocycles. The Morgan fingerprint density at radius 1 is 0.795 bits per heavy atom. The lowest BCUT2D eigenvalue weighted by Crippen LogP contribution is -2.65. The van der Waals surface area contributed by atoms with Crippen molar-refractivity contribution >= 4 is 17.9 Å².